The Kier molecular flexibility index (Phi) is 4.61. The predicted octanol–water partition coefficient (Wildman–Crippen LogP) is 1.64. The van der Waals surface area contributed by atoms with Crippen LogP contribution >= 0.6 is 0 Å². The van der Waals surface area contributed by atoms with Gasteiger partial charge < -0.3 is 4.90 Å². The predicted molar refractivity (Wildman–Crippen MR) is 83.5 cm³/mol. The molecule has 9 heteroatoms. The molecule has 2 aromatic heterocycles. The summed E-state index contributed by atoms with van der Waals surface area (Å²) in [5.41, 5.74) is 0.759. The van der Waals surface area contributed by atoms with Gasteiger partial charge in [0.2, 0.25) is 5.91 Å². The van der Waals surface area contributed by atoms with Crippen LogP contribution in [0.5, 0.6) is 0 Å². The maximum Gasteiger partial charge on any atom is 0.319 e. The minimum Gasteiger partial charge on any atom is -0.308 e. The number of likely N-dealkylation sites (N-methyl/N-ethyl adjacent to an activating group) is 1. The van der Waals surface area contributed by atoms with Gasteiger partial charge in [0.1, 0.15) is 5.82 Å². The van der Waals surface area contributed by atoms with E-state index in [2.05, 4.69) is 10.1 Å². The molecule has 1 saturated heterocycles. The topological polar surface area (TPSA) is 59.2 Å². The number of hydrogen-bond donors (Lipinski definition) is 0. The van der Waals surface area contributed by atoms with Crippen molar-refractivity contribution < 1.29 is 13.6 Å². The summed E-state index contributed by atoms with van der Waals surface area (Å²) in [5, 5.41) is 4.10. The molecule has 0 aliphatic carbocycles. The summed E-state index contributed by atoms with van der Waals surface area (Å²) < 4.78 is 28.3. The third kappa shape index (κ3) is 3.16. The molecule has 3 rings (SSSR count). The molecule has 0 bridgehead atoms. The van der Waals surface area contributed by atoms with Crippen LogP contribution in [-0.4, -0.2) is 49.8 Å². The molecular weight excluding hydrogens is 318 g/mol. The molecule has 1 amide bonds. The average molecular weight is 338 g/mol. The zero-order chi connectivity index (χ0) is 17.3. The first-order valence-electron chi connectivity index (χ1n) is 7.77. The van der Waals surface area contributed by atoms with Gasteiger partial charge in [0.05, 0.1) is 24.5 Å². The minimum atomic E-state index is -2.63. The van der Waals surface area contributed by atoms with Crippen LogP contribution in [0.3, 0.4) is 0 Å². The Bertz CT molecular complexity index is 712. The SMILES string of the molecule is CN(Cc1nccn1C(F)F)C1CCCN(c2cnn(C)c2)C1=O. The summed E-state index contributed by atoms with van der Waals surface area (Å²) in [6.07, 6.45) is 7.59. The smallest absolute Gasteiger partial charge is 0.308 e. The van der Waals surface area contributed by atoms with E-state index in [1.165, 1.54) is 12.4 Å². The maximum atomic E-state index is 12.9. The highest BCUT2D eigenvalue weighted by atomic mass is 19.3. The highest BCUT2D eigenvalue weighted by molar-refractivity contribution is 5.97. The third-order valence-corrected chi connectivity index (χ3v) is 4.30. The van der Waals surface area contributed by atoms with Gasteiger partial charge in [-0.2, -0.15) is 13.9 Å². The first kappa shape index (κ1) is 16.6. The number of hydrogen-bond acceptors (Lipinski definition) is 4. The number of piperidine rings is 1. The van der Waals surface area contributed by atoms with E-state index in [-0.39, 0.29) is 24.3 Å². The molecule has 130 valence electrons. The van der Waals surface area contributed by atoms with Crippen LogP contribution in [0.25, 0.3) is 0 Å². The number of carbonyl (C=O) groups excluding carboxylic acids is 1. The Labute approximate surface area is 138 Å². The lowest BCUT2D eigenvalue weighted by Crippen LogP contribution is -2.51. The Morgan fingerprint density at radius 2 is 2.25 bits per heavy atom. The largest absolute Gasteiger partial charge is 0.319 e. The van der Waals surface area contributed by atoms with Crippen LogP contribution in [0.15, 0.2) is 24.8 Å². The Balaban J connectivity index is 1.73. The van der Waals surface area contributed by atoms with Crippen LogP contribution in [0.4, 0.5) is 14.5 Å². The molecule has 2 aromatic rings. The van der Waals surface area contributed by atoms with Crippen molar-refractivity contribution in [3.8, 4) is 0 Å². The number of alkyl halides is 2. The normalized spacial score (nSPS) is 18.8. The van der Waals surface area contributed by atoms with Crippen molar-refractivity contribution in [1.82, 2.24) is 24.2 Å². The van der Waals surface area contributed by atoms with E-state index >= 15 is 0 Å². The molecule has 1 aliphatic rings. The van der Waals surface area contributed by atoms with E-state index in [9.17, 15) is 13.6 Å². The second kappa shape index (κ2) is 6.68. The van der Waals surface area contributed by atoms with E-state index in [0.29, 0.717) is 13.0 Å². The standard InChI is InChI=1S/C15H20F2N6O/c1-20(10-13-18-5-7-23(13)15(16)17)12-4-3-6-22(14(12)24)11-8-19-21(2)9-11/h5,7-9,12,15H,3-4,6,10H2,1-2H3. The fourth-order valence-corrected chi connectivity index (χ4v) is 3.05. The summed E-state index contributed by atoms with van der Waals surface area (Å²) in [5.74, 6) is 0.214. The second-order valence-corrected chi connectivity index (χ2v) is 5.96. The summed E-state index contributed by atoms with van der Waals surface area (Å²) in [4.78, 5) is 20.3. The molecule has 0 saturated carbocycles. The first-order valence-corrected chi connectivity index (χ1v) is 7.77. The number of aryl methyl sites for hydroxylation is 1. The molecule has 7 nitrogen and oxygen atoms in total. The lowest BCUT2D eigenvalue weighted by Gasteiger charge is -2.36. The maximum absolute atomic E-state index is 12.9. The summed E-state index contributed by atoms with van der Waals surface area (Å²) in [7, 11) is 3.56. The number of imidazole rings is 1. The van der Waals surface area contributed by atoms with Crippen molar-refractivity contribution in [3.05, 3.63) is 30.6 Å². The van der Waals surface area contributed by atoms with Crippen molar-refractivity contribution in [1.29, 1.82) is 0 Å². The number of anilines is 1. The van der Waals surface area contributed by atoms with Gasteiger partial charge in [0.25, 0.3) is 0 Å². The molecule has 0 spiro atoms. The van der Waals surface area contributed by atoms with Crippen LogP contribution < -0.4 is 4.90 Å². The van der Waals surface area contributed by atoms with E-state index in [4.69, 9.17) is 0 Å². The van der Waals surface area contributed by atoms with Crippen LogP contribution in [0, 0.1) is 0 Å². The van der Waals surface area contributed by atoms with Crippen molar-refractivity contribution in [2.75, 3.05) is 18.5 Å². The van der Waals surface area contributed by atoms with Gasteiger partial charge in [-0.25, -0.2) is 4.98 Å². The van der Waals surface area contributed by atoms with Gasteiger partial charge in [-0.05, 0) is 19.9 Å². The fourth-order valence-electron chi connectivity index (χ4n) is 3.05. The molecule has 1 fully saturated rings. The Hall–Kier alpha value is -2.29. The highest BCUT2D eigenvalue weighted by Gasteiger charge is 2.33. The van der Waals surface area contributed by atoms with Crippen LogP contribution in [0.2, 0.25) is 0 Å². The van der Waals surface area contributed by atoms with Gasteiger partial charge in [-0.3, -0.25) is 18.9 Å². The number of aromatic nitrogens is 4. The summed E-state index contributed by atoms with van der Waals surface area (Å²) >= 11 is 0. The van der Waals surface area contributed by atoms with E-state index in [1.54, 1.807) is 41.0 Å². The molecule has 0 radical (unpaired) electrons. The van der Waals surface area contributed by atoms with Crippen LogP contribution in [-0.2, 0) is 18.4 Å². The lowest BCUT2D eigenvalue weighted by molar-refractivity contribution is -0.125. The minimum absolute atomic E-state index is 0.0353. The number of halogens is 2. The Morgan fingerprint density at radius 1 is 1.46 bits per heavy atom. The number of carbonyl (C=O) groups is 1. The fraction of sp³-hybridized carbons (Fsp3) is 0.533. The van der Waals surface area contributed by atoms with Crippen molar-refractivity contribution in [2.24, 2.45) is 7.05 Å². The second-order valence-electron chi connectivity index (χ2n) is 5.96. The number of amides is 1. The average Bonchev–Trinajstić information content (AvgIpc) is 3.16. The van der Waals surface area contributed by atoms with E-state index in [0.717, 1.165) is 16.7 Å². The van der Waals surface area contributed by atoms with Gasteiger partial charge in [-0.15, -0.1) is 0 Å². The molecule has 1 aliphatic heterocycles. The lowest BCUT2D eigenvalue weighted by atomic mass is 10.0. The molecular formula is C15H20F2N6O. The molecule has 1 unspecified atom stereocenters. The molecule has 1 atom stereocenters. The van der Waals surface area contributed by atoms with Crippen LogP contribution in [0.1, 0.15) is 25.2 Å². The quantitative estimate of drug-likeness (QED) is 0.832. The molecule has 0 aromatic carbocycles. The van der Waals surface area contributed by atoms with Gasteiger partial charge >= 0.3 is 6.55 Å². The van der Waals surface area contributed by atoms with E-state index < -0.39 is 6.55 Å². The summed E-state index contributed by atoms with van der Waals surface area (Å²) in [6.45, 7) is -1.81. The zero-order valence-corrected chi connectivity index (χ0v) is 13.6. The first-order chi connectivity index (χ1) is 11.5. The highest BCUT2D eigenvalue weighted by Crippen LogP contribution is 2.24. The zero-order valence-electron chi connectivity index (χ0n) is 13.6. The van der Waals surface area contributed by atoms with E-state index in [1.807, 2.05) is 0 Å². The van der Waals surface area contributed by atoms with Crippen molar-refractivity contribution >= 4 is 11.6 Å². The van der Waals surface area contributed by atoms with Gasteiger partial charge in [0.15, 0.2) is 0 Å². The molecule has 0 N–H and O–H groups in total. The molecule has 3 heterocycles. The summed E-state index contributed by atoms with van der Waals surface area (Å²) in [6, 6.07) is -0.359. The number of rotatable bonds is 5. The number of nitrogens with zero attached hydrogens (tertiary/aromatic N) is 6. The van der Waals surface area contributed by atoms with Crippen molar-refractivity contribution in [3.63, 3.8) is 0 Å². The van der Waals surface area contributed by atoms with Gasteiger partial charge in [-0.1, -0.05) is 0 Å². The third-order valence-electron chi connectivity index (χ3n) is 4.30. The van der Waals surface area contributed by atoms with Crippen molar-refractivity contribution in [2.45, 2.75) is 32.0 Å². The molecule has 24 heavy (non-hydrogen) atoms. The Morgan fingerprint density at radius 3 is 2.92 bits per heavy atom. The van der Waals surface area contributed by atoms with Gasteiger partial charge in [0, 0.05) is 32.2 Å². The monoisotopic (exact) mass is 338 g/mol.